The summed E-state index contributed by atoms with van der Waals surface area (Å²) in [6.07, 6.45) is 6.36. The van der Waals surface area contributed by atoms with Gasteiger partial charge in [-0.1, -0.05) is 26.2 Å². The standard InChI is InChI=1S/C15H22O2S/c1-3-12-5-4-6-13(9-12)17-10-14(16)15-8-7-11(2)18-15/h7-8,12-13H,3-6,9-10H2,1-2H3. The van der Waals surface area contributed by atoms with Crippen molar-refractivity contribution in [2.24, 2.45) is 5.92 Å². The molecule has 2 nitrogen and oxygen atoms in total. The zero-order valence-corrected chi connectivity index (χ0v) is 12.1. The summed E-state index contributed by atoms with van der Waals surface area (Å²) in [5.74, 6) is 0.926. The van der Waals surface area contributed by atoms with Crippen LogP contribution in [0.1, 0.15) is 53.6 Å². The molecule has 18 heavy (non-hydrogen) atoms. The molecule has 0 N–H and O–H groups in total. The lowest BCUT2D eigenvalue weighted by molar-refractivity contribution is 0.0158. The minimum atomic E-state index is 0.131. The van der Waals surface area contributed by atoms with Crippen molar-refractivity contribution in [2.75, 3.05) is 6.61 Å². The molecule has 0 saturated heterocycles. The van der Waals surface area contributed by atoms with Crippen LogP contribution < -0.4 is 0 Å². The number of ether oxygens (including phenoxy) is 1. The van der Waals surface area contributed by atoms with E-state index in [1.54, 1.807) is 11.3 Å². The van der Waals surface area contributed by atoms with Crippen LogP contribution in [0.4, 0.5) is 0 Å². The van der Waals surface area contributed by atoms with Crippen molar-refractivity contribution in [3.8, 4) is 0 Å². The Morgan fingerprint density at radius 2 is 2.28 bits per heavy atom. The van der Waals surface area contributed by atoms with Crippen LogP contribution in [-0.2, 0) is 4.74 Å². The highest BCUT2D eigenvalue weighted by Crippen LogP contribution is 2.28. The third-order valence-electron chi connectivity index (χ3n) is 3.78. The first kappa shape index (κ1) is 13.8. The third-order valence-corrected chi connectivity index (χ3v) is 4.82. The van der Waals surface area contributed by atoms with E-state index in [9.17, 15) is 4.79 Å². The van der Waals surface area contributed by atoms with E-state index in [-0.39, 0.29) is 12.4 Å². The second-order valence-electron chi connectivity index (χ2n) is 5.21. The fraction of sp³-hybridized carbons (Fsp3) is 0.667. The van der Waals surface area contributed by atoms with Crippen LogP contribution in [0.15, 0.2) is 12.1 Å². The van der Waals surface area contributed by atoms with Gasteiger partial charge < -0.3 is 4.74 Å². The molecule has 2 atom stereocenters. The maximum atomic E-state index is 11.9. The molecule has 2 unspecified atom stereocenters. The van der Waals surface area contributed by atoms with Crippen LogP contribution in [0.5, 0.6) is 0 Å². The lowest BCUT2D eigenvalue weighted by atomic mass is 9.85. The summed E-state index contributed by atoms with van der Waals surface area (Å²) in [6, 6.07) is 3.90. The summed E-state index contributed by atoms with van der Waals surface area (Å²) in [7, 11) is 0. The molecule has 3 heteroatoms. The minimum absolute atomic E-state index is 0.131. The monoisotopic (exact) mass is 266 g/mol. The average molecular weight is 266 g/mol. The van der Waals surface area contributed by atoms with Gasteiger partial charge in [0.25, 0.3) is 0 Å². The smallest absolute Gasteiger partial charge is 0.198 e. The summed E-state index contributed by atoms with van der Waals surface area (Å²) in [5, 5.41) is 0. The minimum Gasteiger partial charge on any atom is -0.370 e. The molecule has 0 amide bonds. The number of carbonyl (C=O) groups is 1. The van der Waals surface area contributed by atoms with Crippen LogP contribution >= 0.6 is 11.3 Å². The highest BCUT2D eigenvalue weighted by molar-refractivity contribution is 7.14. The molecule has 1 heterocycles. The molecule has 0 radical (unpaired) electrons. The Morgan fingerprint density at radius 1 is 1.44 bits per heavy atom. The van der Waals surface area contributed by atoms with Crippen molar-refractivity contribution < 1.29 is 9.53 Å². The molecule has 1 aromatic heterocycles. The molecule has 0 aliphatic heterocycles. The number of Topliss-reactive ketones (excluding diaryl/α,β-unsaturated/α-hetero) is 1. The summed E-state index contributed by atoms with van der Waals surface area (Å²) in [4.78, 5) is 13.9. The van der Waals surface area contributed by atoms with E-state index in [1.807, 2.05) is 19.1 Å². The largest absolute Gasteiger partial charge is 0.370 e. The fourth-order valence-corrected chi connectivity index (χ4v) is 3.40. The molecule has 1 fully saturated rings. The molecule has 100 valence electrons. The second kappa shape index (κ2) is 6.48. The van der Waals surface area contributed by atoms with Crippen LogP contribution in [-0.4, -0.2) is 18.5 Å². The first-order valence-electron chi connectivity index (χ1n) is 6.90. The number of hydrogen-bond acceptors (Lipinski definition) is 3. The van der Waals surface area contributed by atoms with E-state index in [0.29, 0.717) is 6.10 Å². The maximum Gasteiger partial charge on any atom is 0.198 e. The Kier molecular flexibility index (Phi) is 4.95. The molecule has 1 aromatic rings. The normalized spacial score (nSPS) is 24.1. The van der Waals surface area contributed by atoms with E-state index in [2.05, 4.69) is 6.92 Å². The highest BCUT2D eigenvalue weighted by Gasteiger charge is 2.22. The first-order valence-corrected chi connectivity index (χ1v) is 7.72. The number of carbonyl (C=O) groups excluding carboxylic acids is 1. The Morgan fingerprint density at radius 3 is 2.94 bits per heavy atom. The van der Waals surface area contributed by atoms with Crippen molar-refractivity contribution in [1.82, 2.24) is 0 Å². The van der Waals surface area contributed by atoms with E-state index >= 15 is 0 Å². The molecular formula is C15H22O2S. The quantitative estimate of drug-likeness (QED) is 0.746. The van der Waals surface area contributed by atoms with Crippen LogP contribution in [0.2, 0.25) is 0 Å². The zero-order valence-electron chi connectivity index (χ0n) is 11.3. The molecule has 1 aliphatic carbocycles. The molecule has 1 aliphatic rings. The lowest BCUT2D eigenvalue weighted by Crippen LogP contribution is -2.25. The van der Waals surface area contributed by atoms with Gasteiger partial charge in [-0.15, -0.1) is 11.3 Å². The average Bonchev–Trinajstić information content (AvgIpc) is 2.83. The first-order chi connectivity index (χ1) is 8.69. The van der Waals surface area contributed by atoms with Gasteiger partial charge in [-0.3, -0.25) is 4.79 Å². The SMILES string of the molecule is CCC1CCCC(OCC(=O)c2ccc(C)s2)C1. The van der Waals surface area contributed by atoms with Gasteiger partial charge in [0.2, 0.25) is 0 Å². The Balaban J connectivity index is 1.79. The van der Waals surface area contributed by atoms with Crippen LogP contribution in [0.25, 0.3) is 0 Å². The van der Waals surface area contributed by atoms with Gasteiger partial charge in [0.05, 0.1) is 11.0 Å². The van der Waals surface area contributed by atoms with Gasteiger partial charge in [-0.2, -0.15) is 0 Å². The Labute approximate surface area is 113 Å². The van der Waals surface area contributed by atoms with Gasteiger partial charge >= 0.3 is 0 Å². The predicted octanol–water partition coefficient (Wildman–Crippen LogP) is 4.22. The van der Waals surface area contributed by atoms with Gasteiger partial charge in [-0.25, -0.2) is 0 Å². The second-order valence-corrected chi connectivity index (χ2v) is 6.50. The summed E-state index contributed by atoms with van der Waals surface area (Å²) in [6.45, 7) is 4.52. The molecule has 0 bridgehead atoms. The van der Waals surface area contributed by atoms with Gasteiger partial charge in [0.15, 0.2) is 5.78 Å². The Bertz CT molecular complexity index is 397. The Hall–Kier alpha value is -0.670. The molecule has 1 saturated carbocycles. The molecular weight excluding hydrogens is 244 g/mol. The van der Waals surface area contributed by atoms with Gasteiger partial charge in [-0.05, 0) is 37.8 Å². The van der Waals surface area contributed by atoms with Crippen molar-refractivity contribution >= 4 is 17.1 Å². The predicted molar refractivity (Wildman–Crippen MR) is 75.4 cm³/mol. The number of aryl methyl sites for hydroxylation is 1. The van der Waals surface area contributed by atoms with Crippen molar-refractivity contribution in [2.45, 2.75) is 52.1 Å². The van der Waals surface area contributed by atoms with Crippen LogP contribution in [0, 0.1) is 12.8 Å². The summed E-state index contributed by atoms with van der Waals surface area (Å²) < 4.78 is 5.80. The van der Waals surface area contributed by atoms with E-state index in [1.165, 1.54) is 24.1 Å². The van der Waals surface area contributed by atoms with E-state index in [0.717, 1.165) is 23.6 Å². The van der Waals surface area contributed by atoms with Crippen molar-refractivity contribution in [1.29, 1.82) is 0 Å². The number of thiophene rings is 1. The summed E-state index contributed by atoms with van der Waals surface area (Å²) >= 11 is 1.56. The topological polar surface area (TPSA) is 26.3 Å². The summed E-state index contributed by atoms with van der Waals surface area (Å²) in [5.41, 5.74) is 0. The lowest BCUT2D eigenvalue weighted by Gasteiger charge is -2.28. The number of hydrogen-bond donors (Lipinski definition) is 0. The third kappa shape index (κ3) is 3.66. The van der Waals surface area contributed by atoms with Crippen molar-refractivity contribution in [3.63, 3.8) is 0 Å². The molecule has 0 aromatic carbocycles. The van der Waals surface area contributed by atoms with E-state index < -0.39 is 0 Å². The van der Waals surface area contributed by atoms with E-state index in [4.69, 9.17) is 4.74 Å². The zero-order chi connectivity index (χ0) is 13.0. The van der Waals surface area contributed by atoms with Crippen molar-refractivity contribution in [3.05, 3.63) is 21.9 Å². The molecule has 0 spiro atoms. The number of rotatable bonds is 5. The molecule has 2 rings (SSSR count). The fourth-order valence-electron chi connectivity index (χ4n) is 2.61. The van der Waals surface area contributed by atoms with Gasteiger partial charge in [0.1, 0.15) is 6.61 Å². The number of ketones is 1. The highest BCUT2D eigenvalue weighted by atomic mass is 32.1. The maximum absolute atomic E-state index is 11.9. The van der Waals surface area contributed by atoms with Crippen LogP contribution in [0.3, 0.4) is 0 Å². The van der Waals surface area contributed by atoms with Gasteiger partial charge in [0, 0.05) is 4.88 Å².